The summed E-state index contributed by atoms with van der Waals surface area (Å²) in [7, 11) is 1.85. The summed E-state index contributed by atoms with van der Waals surface area (Å²) in [4.78, 5) is 16.2. The van der Waals surface area contributed by atoms with Gasteiger partial charge in [0.2, 0.25) is 5.91 Å². The number of likely N-dealkylation sites (N-methyl/N-ethyl adjacent to an activating group) is 1. The Kier molecular flexibility index (Phi) is 4.28. The highest BCUT2D eigenvalue weighted by molar-refractivity contribution is 5.80. The molecule has 1 aromatic heterocycles. The van der Waals surface area contributed by atoms with Crippen LogP contribution in [0.25, 0.3) is 0 Å². The lowest BCUT2D eigenvalue weighted by Gasteiger charge is -2.20. The largest absolute Gasteiger partial charge is 0.379 e. The van der Waals surface area contributed by atoms with Crippen molar-refractivity contribution in [1.82, 2.24) is 15.6 Å². The van der Waals surface area contributed by atoms with Gasteiger partial charge in [0.25, 0.3) is 0 Å². The number of carbonyl (C=O) groups excluding carboxylic acids is 1. The Labute approximate surface area is 107 Å². The van der Waals surface area contributed by atoms with Crippen LogP contribution in [-0.4, -0.2) is 37.2 Å². The maximum absolute atomic E-state index is 12.1. The van der Waals surface area contributed by atoms with Crippen molar-refractivity contribution in [3.8, 4) is 0 Å². The van der Waals surface area contributed by atoms with E-state index in [1.54, 1.807) is 12.4 Å². The minimum absolute atomic E-state index is 0.0307. The van der Waals surface area contributed by atoms with E-state index < -0.39 is 0 Å². The SMILES string of the molecule is CNC1COCC1C(=O)N[C@H](C)c1cccnc1. The summed E-state index contributed by atoms with van der Waals surface area (Å²) in [5.74, 6) is -0.0858. The molecule has 5 heteroatoms. The van der Waals surface area contributed by atoms with Gasteiger partial charge in [0.15, 0.2) is 0 Å². The van der Waals surface area contributed by atoms with Crippen molar-refractivity contribution in [1.29, 1.82) is 0 Å². The molecular formula is C13H19N3O2. The number of pyridine rings is 1. The lowest BCUT2D eigenvalue weighted by molar-refractivity contribution is -0.126. The second kappa shape index (κ2) is 5.93. The molecule has 0 aliphatic carbocycles. The van der Waals surface area contributed by atoms with Crippen molar-refractivity contribution >= 4 is 5.91 Å². The molecule has 2 unspecified atom stereocenters. The third-order valence-corrected chi connectivity index (χ3v) is 3.33. The smallest absolute Gasteiger partial charge is 0.227 e. The first kappa shape index (κ1) is 13.0. The topological polar surface area (TPSA) is 63.2 Å². The van der Waals surface area contributed by atoms with Crippen LogP contribution < -0.4 is 10.6 Å². The van der Waals surface area contributed by atoms with Crippen LogP contribution in [0.15, 0.2) is 24.5 Å². The zero-order chi connectivity index (χ0) is 13.0. The Morgan fingerprint density at radius 1 is 1.56 bits per heavy atom. The zero-order valence-electron chi connectivity index (χ0n) is 10.7. The number of nitrogens with one attached hydrogen (secondary N) is 2. The van der Waals surface area contributed by atoms with E-state index in [9.17, 15) is 4.79 Å². The molecule has 2 rings (SSSR count). The summed E-state index contributed by atoms with van der Waals surface area (Å²) in [6.07, 6.45) is 3.49. The maximum Gasteiger partial charge on any atom is 0.227 e. The number of ether oxygens (including phenoxy) is 1. The fourth-order valence-corrected chi connectivity index (χ4v) is 2.13. The van der Waals surface area contributed by atoms with E-state index in [0.29, 0.717) is 13.2 Å². The zero-order valence-corrected chi connectivity index (χ0v) is 10.7. The van der Waals surface area contributed by atoms with Crippen LogP contribution in [0, 0.1) is 5.92 Å². The molecule has 0 radical (unpaired) electrons. The quantitative estimate of drug-likeness (QED) is 0.815. The second-order valence-corrected chi connectivity index (χ2v) is 4.56. The average Bonchev–Trinajstić information content (AvgIpc) is 2.88. The summed E-state index contributed by atoms with van der Waals surface area (Å²) in [5.41, 5.74) is 1.01. The molecule has 98 valence electrons. The lowest BCUT2D eigenvalue weighted by Crippen LogP contribution is -2.43. The van der Waals surface area contributed by atoms with Crippen LogP contribution in [-0.2, 0) is 9.53 Å². The fourth-order valence-electron chi connectivity index (χ4n) is 2.13. The van der Waals surface area contributed by atoms with Gasteiger partial charge in [-0.1, -0.05) is 6.07 Å². The minimum Gasteiger partial charge on any atom is -0.379 e. The van der Waals surface area contributed by atoms with Crippen molar-refractivity contribution in [3.63, 3.8) is 0 Å². The van der Waals surface area contributed by atoms with Crippen LogP contribution >= 0.6 is 0 Å². The Bertz CT molecular complexity index is 396. The molecular weight excluding hydrogens is 230 g/mol. The molecule has 18 heavy (non-hydrogen) atoms. The number of amides is 1. The monoisotopic (exact) mass is 249 g/mol. The molecule has 2 N–H and O–H groups in total. The summed E-state index contributed by atoms with van der Waals surface area (Å²) in [6, 6.07) is 3.89. The van der Waals surface area contributed by atoms with E-state index in [2.05, 4.69) is 15.6 Å². The van der Waals surface area contributed by atoms with E-state index in [0.717, 1.165) is 5.56 Å². The molecule has 2 heterocycles. The van der Waals surface area contributed by atoms with Crippen molar-refractivity contribution < 1.29 is 9.53 Å². The van der Waals surface area contributed by atoms with E-state index >= 15 is 0 Å². The molecule has 1 amide bonds. The Hall–Kier alpha value is -1.46. The Morgan fingerprint density at radius 3 is 3.06 bits per heavy atom. The normalized spacial score (nSPS) is 24.8. The highest BCUT2D eigenvalue weighted by Crippen LogP contribution is 2.16. The Morgan fingerprint density at radius 2 is 2.39 bits per heavy atom. The predicted octanol–water partition coefficient (Wildman–Crippen LogP) is 0.493. The van der Waals surface area contributed by atoms with Crippen LogP contribution in [0.2, 0.25) is 0 Å². The number of hydrogen-bond acceptors (Lipinski definition) is 4. The molecule has 1 aromatic rings. The molecule has 0 aromatic carbocycles. The number of hydrogen-bond donors (Lipinski definition) is 2. The van der Waals surface area contributed by atoms with Crippen LogP contribution in [0.1, 0.15) is 18.5 Å². The number of aromatic nitrogens is 1. The van der Waals surface area contributed by atoms with Gasteiger partial charge in [0.1, 0.15) is 0 Å². The molecule has 1 aliphatic heterocycles. The minimum atomic E-state index is -0.117. The first-order valence-corrected chi connectivity index (χ1v) is 6.17. The van der Waals surface area contributed by atoms with Crippen LogP contribution in [0.3, 0.4) is 0 Å². The van der Waals surface area contributed by atoms with Crippen molar-refractivity contribution in [3.05, 3.63) is 30.1 Å². The molecule has 1 saturated heterocycles. The van der Waals surface area contributed by atoms with Crippen molar-refractivity contribution in [2.45, 2.75) is 19.0 Å². The number of carbonyl (C=O) groups is 1. The van der Waals surface area contributed by atoms with Crippen molar-refractivity contribution in [2.24, 2.45) is 5.92 Å². The number of rotatable bonds is 4. The number of nitrogens with zero attached hydrogens (tertiary/aromatic N) is 1. The van der Waals surface area contributed by atoms with Gasteiger partial charge in [0, 0.05) is 18.4 Å². The Balaban J connectivity index is 1.95. The van der Waals surface area contributed by atoms with Gasteiger partial charge in [-0.25, -0.2) is 0 Å². The van der Waals surface area contributed by atoms with Gasteiger partial charge in [-0.15, -0.1) is 0 Å². The average molecular weight is 249 g/mol. The first-order valence-electron chi connectivity index (χ1n) is 6.17. The predicted molar refractivity (Wildman–Crippen MR) is 68.0 cm³/mol. The van der Waals surface area contributed by atoms with Crippen LogP contribution in [0.5, 0.6) is 0 Å². The van der Waals surface area contributed by atoms with Gasteiger partial charge in [-0.05, 0) is 25.6 Å². The van der Waals surface area contributed by atoms with E-state index in [-0.39, 0.29) is 23.9 Å². The molecule has 3 atom stereocenters. The first-order chi connectivity index (χ1) is 8.72. The maximum atomic E-state index is 12.1. The molecule has 1 aliphatic rings. The molecule has 5 nitrogen and oxygen atoms in total. The van der Waals surface area contributed by atoms with E-state index in [4.69, 9.17) is 4.74 Å². The lowest BCUT2D eigenvalue weighted by atomic mass is 10.0. The van der Waals surface area contributed by atoms with Gasteiger partial charge < -0.3 is 15.4 Å². The molecule has 0 bridgehead atoms. The summed E-state index contributed by atoms with van der Waals surface area (Å²) < 4.78 is 5.33. The second-order valence-electron chi connectivity index (χ2n) is 4.56. The van der Waals surface area contributed by atoms with Crippen molar-refractivity contribution in [2.75, 3.05) is 20.3 Å². The van der Waals surface area contributed by atoms with Gasteiger partial charge in [0.05, 0.1) is 25.2 Å². The summed E-state index contributed by atoms with van der Waals surface area (Å²) in [6.45, 7) is 3.03. The molecule has 0 spiro atoms. The summed E-state index contributed by atoms with van der Waals surface area (Å²) in [5, 5.41) is 6.11. The molecule has 1 fully saturated rings. The highest BCUT2D eigenvalue weighted by Gasteiger charge is 2.33. The van der Waals surface area contributed by atoms with E-state index in [1.807, 2.05) is 26.1 Å². The third-order valence-electron chi connectivity index (χ3n) is 3.33. The van der Waals surface area contributed by atoms with Gasteiger partial charge >= 0.3 is 0 Å². The standard InChI is InChI=1S/C13H19N3O2/c1-9(10-4-3-5-15-6-10)16-13(17)11-7-18-8-12(11)14-2/h3-6,9,11-12,14H,7-8H2,1-2H3,(H,16,17)/t9-,11?,12?/m1/s1. The molecule has 0 saturated carbocycles. The third kappa shape index (κ3) is 2.86. The fraction of sp³-hybridized carbons (Fsp3) is 0.538. The van der Waals surface area contributed by atoms with Gasteiger partial charge in [-0.2, -0.15) is 0 Å². The summed E-state index contributed by atoms with van der Waals surface area (Å²) >= 11 is 0. The van der Waals surface area contributed by atoms with E-state index in [1.165, 1.54) is 0 Å². The van der Waals surface area contributed by atoms with Gasteiger partial charge in [-0.3, -0.25) is 9.78 Å². The highest BCUT2D eigenvalue weighted by atomic mass is 16.5. The van der Waals surface area contributed by atoms with Crippen LogP contribution in [0.4, 0.5) is 0 Å².